The molecule has 3 rings (SSSR count). The molecule has 16 heavy (non-hydrogen) atoms. The maximum Gasteiger partial charge on any atom is 0.205 e. The van der Waals surface area contributed by atoms with Crippen LogP contribution < -0.4 is 5.32 Å². The molecule has 0 bridgehead atoms. The Morgan fingerprint density at radius 3 is 2.88 bits per heavy atom. The second kappa shape index (κ2) is 3.81. The molecule has 2 heterocycles. The molecule has 5 heteroatoms. The second-order valence-corrected chi connectivity index (χ2v) is 4.85. The molecule has 0 saturated heterocycles. The third kappa shape index (κ3) is 1.66. The van der Waals surface area contributed by atoms with Crippen molar-refractivity contribution in [2.24, 2.45) is 0 Å². The van der Waals surface area contributed by atoms with Crippen LogP contribution in [0.5, 0.6) is 0 Å². The number of thiophene rings is 1. The van der Waals surface area contributed by atoms with Gasteiger partial charge in [-0.3, -0.25) is 0 Å². The molecule has 0 fully saturated rings. The van der Waals surface area contributed by atoms with Crippen molar-refractivity contribution in [3.8, 4) is 0 Å². The highest BCUT2D eigenvalue weighted by atomic mass is 35.5. The minimum absolute atomic E-state index is 0.710. The van der Waals surface area contributed by atoms with Crippen molar-refractivity contribution in [1.82, 2.24) is 9.97 Å². The summed E-state index contributed by atoms with van der Waals surface area (Å²) in [5.41, 5.74) is 2.83. The van der Waals surface area contributed by atoms with Gasteiger partial charge >= 0.3 is 0 Å². The summed E-state index contributed by atoms with van der Waals surface area (Å²) in [7, 11) is 0. The molecule has 3 nitrogen and oxygen atoms in total. The number of nitrogens with one attached hydrogen (secondary N) is 2. The molecule has 2 aromatic heterocycles. The number of fused-ring (bicyclic) bond motifs is 1. The van der Waals surface area contributed by atoms with Gasteiger partial charge in [0.2, 0.25) is 5.95 Å². The molecule has 0 aliphatic carbocycles. The van der Waals surface area contributed by atoms with Gasteiger partial charge in [0.25, 0.3) is 0 Å². The Hall–Kier alpha value is -1.52. The number of aromatic nitrogens is 2. The Kier molecular flexibility index (Phi) is 2.31. The van der Waals surface area contributed by atoms with Gasteiger partial charge in [-0.15, -0.1) is 11.3 Å². The minimum atomic E-state index is 0.710. The van der Waals surface area contributed by atoms with E-state index >= 15 is 0 Å². The monoisotopic (exact) mass is 249 g/mol. The van der Waals surface area contributed by atoms with Crippen LogP contribution in [0.3, 0.4) is 0 Å². The Morgan fingerprint density at radius 1 is 1.25 bits per heavy atom. The van der Waals surface area contributed by atoms with E-state index in [-0.39, 0.29) is 0 Å². The smallest absolute Gasteiger partial charge is 0.205 e. The first-order chi connectivity index (χ1) is 7.83. The third-order valence-corrected chi connectivity index (χ3v) is 3.43. The van der Waals surface area contributed by atoms with Crippen LogP contribution in [0, 0.1) is 0 Å². The Balaban J connectivity index is 1.98. The molecule has 1 aromatic carbocycles. The van der Waals surface area contributed by atoms with E-state index in [1.54, 1.807) is 0 Å². The van der Waals surface area contributed by atoms with E-state index in [0.717, 1.165) is 21.1 Å². The van der Waals surface area contributed by atoms with Gasteiger partial charge in [-0.25, -0.2) is 4.98 Å². The molecule has 2 N–H and O–H groups in total. The van der Waals surface area contributed by atoms with Crippen molar-refractivity contribution in [3.63, 3.8) is 0 Å². The highest BCUT2D eigenvalue weighted by Crippen LogP contribution is 2.30. The average Bonchev–Trinajstić information content (AvgIpc) is 2.85. The highest BCUT2D eigenvalue weighted by molar-refractivity contribution is 7.15. The molecule has 0 amide bonds. The lowest BCUT2D eigenvalue weighted by Crippen LogP contribution is -1.90. The summed E-state index contributed by atoms with van der Waals surface area (Å²) in [6.07, 6.45) is 0. The Labute approximate surface area is 101 Å². The zero-order valence-corrected chi connectivity index (χ0v) is 9.77. The lowest BCUT2D eigenvalue weighted by Gasteiger charge is -1.98. The van der Waals surface area contributed by atoms with E-state index in [4.69, 9.17) is 11.6 Å². The van der Waals surface area contributed by atoms with Gasteiger partial charge in [0, 0.05) is 0 Å². The van der Waals surface area contributed by atoms with Crippen molar-refractivity contribution in [2.75, 3.05) is 5.32 Å². The summed E-state index contributed by atoms with van der Waals surface area (Å²) < 4.78 is 0.737. The molecule has 0 aliphatic rings. The molecule has 0 radical (unpaired) electrons. The van der Waals surface area contributed by atoms with Gasteiger partial charge in [0.15, 0.2) is 0 Å². The molecule has 0 saturated carbocycles. The Bertz CT molecular complexity index is 596. The fourth-order valence-electron chi connectivity index (χ4n) is 1.52. The number of nitrogens with zero attached hydrogens (tertiary/aromatic N) is 1. The van der Waals surface area contributed by atoms with Gasteiger partial charge in [0.05, 0.1) is 16.7 Å². The van der Waals surface area contributed by atoms with Crippen LogP contribution in [-0.4, -0.2) is 9.97 Å². The second-order valence-electron chi connectivity index (χ2n) is 3.34. The first-order valence-electron chi connectivity index (χ1n) is 4.78. The van der Waals surface area contributed by atoms with Gasteiger partial charge < -0.3 is 10.3 Å². The van der Waals surface area contributed by atoms with Gasteiger partial charge in [-0.05, 0) is 23.6 Å². The normalized spacial score (nSPS) is 10.8. The van der Waals surface area contributed by atoms with Crippen molar-refractivity contribution >= 4 is 45.6 Å². The highest BCUT2D eigenvalue weighted by Gasteiger charge is 2.05. The van der Waals surface area contributed by atoms with Crippen molar-refractivity contribution < 1.29 is 0 Å². The first kappa shape index (κ1) is 9.69. The van der Waals surface area contributed by atoms with E-state index in [9.17, 15) is 0 Å². The number of H-pyrrole nitrogens is 1. The maximum absolute atomic E-state index is 6.00. The van der Waals surface area contributed by atoms with Crippen LogP contribution in [0.15, 0.2) is 35.7 Å². The molecule has 0 unspecified atom stereocenters. The molecule has 80 valence electrons. The van der Waals surface area contributed by atoms with Gasteiger partial charge in [0.1, 0.15) is 4.34 Å². The van der Waals surface area contributed by atoms with Crippen LogP contribution in [0.4, 0.5) is 11.6 Å². The average molecular weight is 250 g/mol. The number of para-hydroxylation sites is 2. The molecule has 0 spiro atoms. The summed E-state index contributed by atoms with van der Waals surface area (Å²) in [5, 5.41) is 5.09. The zero-order chi connectivity index (χ0) is 11.0. The van der Waals surface area contributed by atoms with Crippen LogP contribution in [-0.2, 0) is 0 Å². The van der Waals surface area contributed by atoms with E-state index < -0.39 is 0 Å². The zero-order valence-electron chi connectivity index (χ0n) is 8.20. The number of benzene rings is 1. The quantitative estimate of drug-likeness (QED) is 0.720. The summed E-state index contributed by atoms with van der Waals surface area (Å²) in [6.45, 7) is 0. The molecular weight excluding hydrogens is 242 g/mol. The van der Waals surface area contributed by atoms with Crippen molar-refractivity contribution in [2.45, 2.75) is 0 Å². The Morgan fingerprint density at radius 2 is 2.12 bits per heavy atom. The number of hydrogen-bond donors (Lipinski definition) is 2. The number of halogens is 1. The van der Waals surface area contributed by atoms with E-state index in [0.29, 0.717) is 5.95 Å². The fraction of sp³-hybridized carbons (Fsp3) is 0. The minimum Gasteiger partial charge on any atom is -0.324 e. The van der Waals surface area contributed by atoms with Crippen molar-refractivity contribution in [1.29, 1.82) is 0 Å². The summed E-state index contributed by atoms with van der Waals surface area (Å²) in [6, 6.07) is 9.82. The predicted molar refractivity (Wildman–Crippen MR) is 68.7 cm³/mol. The van der Waals surface area contributed by atoms with Gasteiger partial charge in [-0.1, -0.05) is 23.7 Å². The number of imidazole rings is 1. The summed E-state index contributed by atoms with van der Waals surface area (Å²) >= 11 is 7.49. The van der Waals surface area contributed by atoms with Crippen LogP contribution in [0.25, 0.3) is 11.0 Å². The predicted octanol–water partition coefficient (Wildman–Crippen LogP) is 4.02. The number of hydrogen-bond acceptors (Lipinski definition) is 3. The topological polar surface area (TPSA) is 40.7 Å². The first-order valence-corrected chi connectivity index (χ1v) is 6.03. The van der Waals surface area contributed by atoms with E-state index in [1.807, 2.05) is 35.7 Å². The molecular formula is C11H8ClN3S. The number of anilines is 2. The maximum atomic E-state index is 6.00. The lowest BCUT2D eigenvalue weighted by molar-refractivity contribution is 1.32. The van der Waals surface area contributed by atoms with E-state index in [1.165, 1.54) is 11.3 Å². The largest absolute Gasteiger partial charge is 0.324 e. The van der Waals surface area contributed by atoms with Gasteiger partial charge in [-0.2, -0.15) is 0 Å². The molecule has 3 aromatic rings. The molecule has 0 aliphatic heterocycles. The van der Waals surface area contributed by atoms with Crippen molar-refractivity contribution in [3.05, 3.63) is 40.0 Å². The number of aromatic amines is 1. The van der Waals surface area contributed by atoms with Crippen LogP contribution >= 0.6 is 22.9 Å². The summed E-state index contributed by atoms with van der Waals surface area (Å²) in [4.78, 5) is 7.59. The van der Waals surface area contributed by atoms with E-state index in [2.05, 4.69) is 15.3 Å². The number of rotatable bonds is 2. The standard InChI is InChI=1S/C11H8ClN3S/c12-10-9(5-6-16-10)15-11-13-7-3-1-2-4-8(7)14-11/h1-6H,(H2,13,14,15). The van der Waals surface area contributed by atoms with Crippen LogP contribution in [0.1, 0.15) is 0 Å². The molecule has 0 atom stereocenters. The third-order valence-electron chi connectivity index (χ3n) is 2.26. The fourth-order valence-corrected chi connectivity index (χ4v) is 2.36. The lowest BCUT2D eigenvalue weighted by atomic mass is 10.3. The summed E-state index contributed by atoms with van der Waals surface area (Å²) in [5.74, 6) is 0.710. The SMILES string of the molecule is Clc1sccc1Nc1nc2ccccc2[nH]1. The van der Waals surface area contributed by atoms with Crippen LogP contribution in [0.2, 0.25) is 4.34 Å².